The van der Waals surface area contributed by atoms with Gasteiger partial charge in [0.2, 0.25) is 0 Å². The first-order valence-electron chi connectivity index (χ1n) is 26.4. The fraction of sp³-hybridized carbons (Fsp3) is 1.00. The fourth-order valence-corrected chi connectivity index (χ4v) is 5.81. The lowest BCUT2D eigenvalue weighted by Crippen LogP contribution is -2.70. The first-order valence-corrected chi connectivity index (χ1v) is 26.4. The average molecular weight is 1730 g/mol. The number of hydrogen-bond donors (Lipinski definition) is 3. The highest BCUT2D eigenvalue weighted by Crippen LogP contribution is 2.65. The van der Waals surface area contributed by atoms with Gasteiger partial charge in [0, 0.05) is 39.4 Å². The molecule has 62 heteroatoms. The molecule has 0 saturated carbocycles. The van der Waals surface area contributed by atoms with Crippen LogP contribution < -0.4 is 0 Å². The van der Waals surface area contributed by atoms with Crippen LogP contribution in [0.2, 0.25) is 0 Å². The van der Waals surface area contributed by atoms with Crippen LogP contribution in [0.5, 0.6) is 0 Å². The van der Waals surface area contributed by atoms with Gasteiger partial charge >= 0.3 is 143 Å². The van der Waals surface area contributed by atoms with Gasteiger partial charge in [-0.3, -0.25) is 0 Å². The molecule has 650 valence electrons. The summed E-state index contributed by atoms with van der Waals surface area (Å²) in [7, 11) is 1.42. The molecule has 0 atom stereocenters. The first kappa shape index (κ1) is 109. The quantitative estimate of drug-likeness (QED) is 0.0401. The van der Waals surface area contributed by atoms with Gasteiger partial charge in [0.1, 0.15) is 0 Å². The zero-order chi connectivity index (χ0) is 87.1. The van der Waals surface area contributed by atoms with Crippen LogP contribution in [-0.2, 0) is 33.2 Å². The molecule has 3 N–H and O–H groups in total. The summed E-state index contributed by atoms with van der Waals surface area (Å²) in [6.07, 6.45) is -39.5. The second-order valence-electron chi connectivity index (χ2n) is 19.8. The largest absolute Gasteiger partial charge is 0.460 e. The lowest BCUT2D eigenvalue weighted by atomic mass is 9.93. The minimum absolute atomic E-state index is 0.0178. The summed E-state index contributed by atoms with van der Waals surface area (Å²) in [4.78, 5) is 0. The number of rotatable bonds is 43. The molecule has 0 aliphatic heterocycles. The molecule has 0 fully saturated rings. The minimum atomic E-state index is -7.90. The molecule has 0 rings (SSSR count). The van der Waals surface area contributed by atoms with Crippen molar-refractivity contribution < 1.29 is 277 Å². The Balaban J connectivity index is -0.000000667. The molecule has 0 heterocycles. The number of hydrogen-bond acceptors (Lipinski definition) is 10. The molecule has 10 nitrogen and oxygen atoms in total. The third-order valence-corrected chi connectivity index (χ3v) is 12.1. The van der Waals surface area contributed by atoms with Crippen molar-refractivity contribution in [3.05, 3.63) is 0 Å². The minimum Gasteiger partial charge on any atom is -0.396 e. The topological polar surface area (TPSA) is 125 Å². The first-order chi connectivity index (χ1) is 46.7. The summed E-state index contributed by atoms with van der Waals surface area (Å²) >= 11 is 0. The van der Waals surface area contributed by atoms with Crippen LogP contribution in [0.25, 0.3) is 0 Å². The zero-order valence-corrected chi connectivity index (χ0v) is 51.0. The Morgan fingerprint density at radius 2 is 0.299 bits per heavy atom. The van der Waals surface area contributed by atoms with Crippen LogP contribution >= 0.6 is 0 Å². The molecule has 0 spiro atoms. The number of aliphatic hydroxyl groups excluding tert-OH is 3. The van der Waals surface area contributed by atoms with Crippen molar-refractivity contribution in [2.24, 2.45) is 0 Å². The maximum atomic E-state index is 13.5. The van der Waals surface area contributed by atoms with Gasteiger partial charge in [0.25, 0.3) is 0 Å². The second kappa shape index (κ2) is 37.3. The van der Waals surface area contributed by atoms with Gasteiger partial charge in [-0.2, -0.15) is 228 Å². The fourth-order valence-electron chi connectivity index (χ4n) is 5.81. The third-order valence-electron chi connectivity index (χ3n) is 12.1. The summed E-state index contributed by atoms with van der Waals surface area (Å²) in [5, 5.41) is 24.4. The van der Waals surface area contributed by atoms with E-state index < -0.39 is 228 Å². The lowest BCUT2D eigenvalue weighted by Gasteiger charge is -2.39. The van der Waals surface area contributed by atoms with E-state index in [1.165, 1.54) is 7.11 Å². The predicted octanol–water partition coefficient (Wildman–Crippen LogP) is 17.2. The summed E-state index contributed by atoms with van der Waals surface area (Å²) in [6, 6.07) is 0. The molecule has 0 aromatic carbocycles. The molecule has 0 saturated heterocycles. The van der Waals surface area contributed by atoms with E-state index in [1.54, 1.807) is 0 Å². The average Bonchev–Trinajstić information content (AvgIpc) is 0.733. The van der Waals surface area contributed by atoms with E-state index >= 15 is 0 Å². The molecule has 0 amide bonds. The van der Waals surface area contributed by atoms with Crippen molar-refractivity contribution >= 4 is 0 Å². The van der Waals surface area contributed by atoms with Gasteiger partial charge in [-0.15, -0.1) is 0 Å². The van der Waals surface area contributed by atoms with Gasteiger partial charge in [-0.25, -0.2) is 0 Å². The molecule has 0 aliphatic carbocycles. The molecule has 0 aromatic rings. The van der Waals surface area contributed by atoms with E-state index in [1.807, 2.05) is 0 Å². The molecule has 0 aromatic heterocycles. The van der Waals surface area contributed by atoms with Gasteiger partial charge in [-0.05, 0) is 0 Å². The molecular formula is C45H46F52O10. The van der Waals surface area contributed by atoms with E-state index in [2.05, 4.69) is 23.7 Å². The van der Waals surface area contributed by atoms with Crippen LogP contribution in [0.4, 0.5) is 228 Å². The van der Waals surface area contributed by atoms with E-state index in [0.29, 0.717) is 6.61 Å². The Bertz CT molecular complexity index is 2560. The Morgan fingerprint density at radius 3 is 0.458 bits per heavy atom. The maximum Gasteiger partial charge on any atom is 0.460 e. The van der Waals surface area contributed by atoms with Gasteiger partial charge in [0.15, 0.2) is 0 Å². The van der Waals surface area contributed by atoms with Crippen molar-refractivity contribution in [1.82, 2.24) is 0 Å². The van der Waals surface area contributed by atoms with Crippen molar-refractivity contribution in [3.63, 3.8) is 0 Å². The number of halogens is 52. The number of ether oxygens (including phenoxy) is 7. The Morgan fingerprint density at radius 1 is 0.159 bits per heavy atom. The lowest BCUT2D eigenvalue weighted by molar-refractivity contribution is -0.440. The highest BCUT2D eigenvalue weighted by Gasteiger charge is 2.95. The Labute approximate surface area is 559 Å². The predicted molar refractivity (Wildman–Crippen MR) is 240 cm³/mol. The van der Waals surface area contributed by atoms with Crippen molar-refractivity contribution in [1.29, 1.82) is 0 Å². The maximum absolute atomic E-state index is 13.5. The summed E-state index contributed by atoms with van der Waals surface area (Å²) in [5.74, 6) is -147. The van der Waals surface area contributed by atoms with Gasteiger partial charge in [-0.1, -0.05) is 0 Å². The standard InChI is InChI=1S/C15H19F13O4.C12H13F13O3.C10H9F13O2.C8H5F13O/c1-29-4-5-31-8-9-32-7-6-30-3-2-10(16,17)11(18,19)12(20,21)13(22,23)14(24,25)15(26,27)28;13-7(14,1-3-27-5-6-28-4-2-26)8(15,16)9(17,18)10(19,20)11(21,22)12(23,24)25;11-5(12,1-3-25-4-2-24)6(13,14)7(15,16)8(17,18)9(19,20)10(21,22)23;9-3(10,1-2-22)4(11,12)5(13,14)6(15,16)7(17,18)8(19,20)21/h2-9H2,1H3;26H,1-6H2;24H,1-4H2;22H,1-2H2. The number of methoxy groups -OCH3 is 1. The molecular weight excluding hydrogens is 1690 g/mol. The summed E-state index contributed by atoms with van der Waals surface area (Å²) in [6.45, 7) is -9.93. The van der Waals surface area contributed by atoms with Crippen LogP contribution in [-0.4, -0.2) is 271 Å². The molecule has 0 radical (unpaired) electrons. The van der Waals surface area contributed by atoms with Gasteiger partial charge in [0.05, 0.1) is 99.1 Å². The monoisotopic (exact) mass is 1730 g/mol. The zero-order valence-electron chi connectivity index (χ0n) is 51.0. The molecule has 0 bridgehead atoms. The van der Waals surface area contributed by atoms with Gasteiger partial charge < -0.3 is 48.5 Å². The second-order valence-corrected chi connectivity index (χ2v) is 19.8. The smallest absolute Gasteiger partial charge is 0.396 e. The summed E-state index contributed by atoms with van der Waals surface area (Å²) < 4.78 is 691. The van der Waals surface area contributed by atoms with E-state index in [4.69, 9.17) is 24.8 Å². The highest BCUT2D eigenvalue weighted by molar-refractivity contribution is 5.14. The normalized spacial score (nSPS) is 15.4. The number of aliphatic hydroxyl groups is 3. The Kier molecular flexibility index (Phi) is 38.1. The SMILES string of the molecule is COCCOCCOCCOCCC(F)(F)C(F)(F)C(F)(F)C(F)(F)C(F)(F)C(F)(F)F.OCCC(F)(F)C(F)(F)C(F)(F)C(F)(F)C(F)(F)C(F)(F)F.OCCOCCC(F)(F)C(F)(F)C(F)(F)C(F)(F)C(F)(F)C(F)(F)F.OCCOCCOCCC(F)(F)C(F)(F)C(F)(F)C(F)(F)C(F)(F)C(F)(F)F. The van der Waals surface area contributed by atoms with Crippen LogP contribution in [0.3, 0.4) is 0 Å². The van der Waals surface area contributed by atoms with E-state index in [9.17, 15) is 228 Å². The van der Waals surface area contributed by atoms with Crippen LogP contribution in [0, 0.1) is 0 Å². The molecule has 0 aliphatic rings. The molecule has 0 unspecified atom stereocenters. The molecule has 107 heavy (non-hydrogen) atoms. The summed E-state index contributed by atoms with van der Waals surface area (Å²) in [5.41, 5.74) is 0. The van der Waals surface area contributed by atoms with E-state index in [0.717, 1.165) is 0 Å². The third kappa shape index (κ3) is 22.9. The van der Waals surface area contributed by atoms with Crippen LogP contribution in [0.15, 0.2) is 0 Å². The highest BCUT2D eigenvalue weighted by atomic mass is 19.5. The number of alkyl halides is 52. The van der Waals surface area contributed by atoms with Crippen molar-refractivity contribution in [3.8, 4) is 0 Å². The van der Waals surface area contributed by atoms with Crippen LogP contribution in [0.1, 0.15) is 25.7 Å². The van der Waals surface area contributed by atoms with Crippen molar-refractivity contribution in [2.75, 3.05) is 113 Å². The van der Waals surface area contributed by atoms with Crippen molar-refractivity contribution in [2.45, 2.75) is 169 Å². The Hall–Kier alpha value is -4.04. The van der Waals surface area contributed by atoms with E-state index in [-0.39, 0.29) is 39.6 Å².